The molecular weight excluding hydrogens is 639 g/mol. The summed E-state index contributed by atoms with van der Waals surface area (Å²) in [4.78, 5) is 59.1. The number of esters is 4. The highest BCUT2D eigenvalue weighted by Crippen LogP contribution is 2.32. The lowest BCUT2D eigenvalue weighted by Gasteiger charge is -2.43. The normalized spacial score (nSPS) is 20.6. The maximum absolute atomic E-state index is 13.8. The van der Waals surface area contributed by atoms with Crippen LogP contribution in [0.1, 0.15) is 33.3 Å². The number of ether oxygens (including phenoxy) is 8. The van der Waals surface area contributed by atoms with Gasteiger partial charge in [-0.15, -0.1) is 0 Å². The first kappa shape index (κ1) is 35.5. The van der Waals surface area contributed by atoms with Gasteiger partial charge in [0.15, 0.2) is 12.2 Å². The molecule has 0 radical (unpaired) electrons. The Kier molecular flexibility index (Phi) is 11.8. The molecule has 46 heavy (non-hydrogen) atoms. The Morgan fingerprint density at radius 2 is 1.15 bits per heavy atom. The number of carbonyl (C=O) groups excluding carboxylic acids is 5. The number of carbonyl (C=O) groups is 5. The minimum Gasteiger partial charge on any atom is -0.463 e. The summed E-state index contributed by atoms with van der Waals surface area (Å²) in [6.45, 7) is 3.15. The van der Waals surface area contributed by atoms with Gasteiger partial charge in [0.05, 0.1) is 0 Å². The minimum atomic E-state index is -2.44. The molecule has 18 heteroatoms. The third-order valence-electron chi connectivity index (χ3n) is 5.84. The van der Waals surface area contributed by atoms with E-state index >= 15 is 0 Å². The van der Waals surface area contributed by atoms with Crippen LogP contribution in [0.3, 0.4) is 0 Å². The highest BCUT2D eigenvalue weighted by molar-refractivity contribution is 5.69. The van der Waals surface area contributed by atoms with Crippen LogP contribution in [0.4, 0.5) is 26.7 Å². The number of hydrogen-bond acceptors (Lipinski definition) is 13. The second-order valence-electron chi connectivity index (χ2n) is 9.37. The summed E-state index contributed by atoms with van der Waals surface area (Å²) in [5.41, 5.74) is 0.211. The molecule has 1 aliphatic rings. The van der Waals surface area contributed by atoms with Gasteiger partial charge in [0.1, 0.15) is 25.1 Å². The molecular formula is C28H25F5O13. The lowest BCUT2D eigenvalue weighted by Crippen LogP contribution is -2.63. The van der Waals surface area contributed by atoms with Crippen molar-refractivity contribution in [1.29, 1.82) is 0 Å². The molecule has 250 valence electrons. The van der Waals surface area contributed by atoms with Crippen LogP contribution in [0.15, 0.2) is 24.3 Å². The zero-order chi connectivity index (χ0) is 34.3. The van der Waals surface area contributed by atoms with E-state index in [1.54, 1.807) is 0 Å². The summed E-state index contributed by atoms with van der Waals surface area (Å²) in [5.74, 6) is -16.9. The molecule has 0 aromatic heterocycles. The number of halogens is 5. The molecule has 0 spiro atoms. The van der Waals surface area contributed by atoms with Gasteiger partial charge in [-0.2, -0.15) is 8.78 Å². The Morgan fingerprint density at radius 1 is 0.652 bits per heavy atom. The first-order valence-electron chi connectivity index (χ1n) is 13.0. The van der Waals surface area contributed by atoms with Crippen molar-refractivity contribution < 1.29 is 83.8 Å². The van der Waals surface area contributed by atoms with Crippen LogP contribution in [-0.4, -0.2) is 67.3 Å². The van der Waals surface area contributed by atoms with Crippen LogP contribution in [-0.2, 0) is 54.2 Å². The number of hydrogen-bond donors (Lipinski definition) is 0. The summed E-state index contributed by atoms with van der Waals surface area (Å²) < 4.78 is 109. The Bertz CT molecular complexity index is 1450. The van der Waals surface area contributed by atoms with E-state index in [0.29, 0.717) is 0 Å². The predicted octanol–water partition coefficient (Wildman–Crippen LogP) is 3.56. The van der Waals surface area contributed by atoms with Gasteiger partial charge in [-0.25, -0.2) is 18.0 Å². The molecule has 0 saturated carbocycles. The van der Waals surface area contributed by atoms with Crippen LogP contribution < -0.4 is 9.47 Å². The lowest BCUT2D eigenvalue weighted by molar-refractivity contribution is -0.288. The van der Waals surface area contributed by atoms with Gasteiger partial charge in [0.25, 0.3) is 0 Å². The maximum atomic E-state index is 13.8. The molecule has 1 unspecified atom stereocenters. The SMILES string of the molecule is CC(=O)OC[C@H]1OC(Oc2ccc(COC(=O)Oc3c(F)c(F)c(F)c(F)c3F)cc2)[C@H](OC(C)=O)[C@@H](OC(C)=O)[C@H]1OC(C)=O. The summed E-state index contributed by atoms with van der Waals surface area (Å²) in [5, 5.41) is 0. The van der Waals surface area contributed by atoms with Gasteiger partial charge in [-0.05, 0) is 17.7 Å². The monoisotopic (exact) mass is 664 g/mol. The van der Waals surface area contributed by atoms with Crippen LogP contribution in [0, 0.1) is 29.1 Å². The zero-order valence-electron chi connectivity index (χ0n) is 24.3. The van der Waals surface area contributed by atoms with Crippen molar-refractivity contribution in [2.24, 2.45) is 0 Å². The fraction of sp³-hybridized carbons (Fsp3) is 0.393. The summed E-state index contributed by atoms with van der Waals surface area (Å²) in [6.07, 6.45) is -9.01. The van der Waals surface area contributed by atoms with Crippen molar-refractivity contribution in [1.82, 2.24) is 0 Å². The molecule has 0 bridgehead atoms. The number of rotatable bonds is 10. The van der Waals surface area contributed by atoms with Crippen LogP contribution >= 0.6 is 0 Å². The maximum Gasteiger partial charge on any atom is 0.514 e. The van der Waals surface area contributed by atoms with Crippen LogP contribution in [0.25, 0.3) is 0 Å². The van der Waals surface area contributed by atoms with Crippen molar-refractivity contribution in [3.8, 4) is 11.5 Å². The molecule has 3 rings (SSSR count). The van der Waals surface area contributed by atoms with E-state index in [1.807, 2.05) is 0 Å². The van der Waals surface area contributed by atoms with Crippen molar-refractivity contribution in [3.05, 3.63) is 58.9 Å². The molecule has 1 heterocycles. The lowest BCUT2D eigenvalue weighted by atomic mass is 9.98. The second-order valence-corrected chi connectivity index (χ2v) is 9.37. The van der Waals surface area contributed by atoms with Gasteiger partial charge in [0, 0.05) is 27.7 Å². The fourth-order valence-electron chi connectivity index (χ4n) is 4.01. The Hall–Kier alpha value is -5.00. The van der Waals surface area contributed by atoms with E-state index in [9.17, 15) is 45.9 Å². The van der Waals surface area contributed by atoms with E-state index in [4.69, 9.17) is 28.4 Å². The average molecular weight is 664 g/mol. The van der Waals surface area contributed by atoms with Gasteiger partial charge < -0.3 is 37.9 Å². The summed E-state index contributed by atoms with van der Waals surface area (Å²) in [7, 11) is 0. The van der Waals surface area contributed by atoms with E-state index in [1.165, 1.54) is 24.3 Å². The average Bonchev–Trinajstić information content (AvgIpc) is 2.98. The molecule has 1 saturated heterocycles. The Morgan fingerprint density at radius 3 is 1.67 bits per heavy atom. The van der Waals surface area contributed by atoms with Gasteiger partial charge in [0.2, 0.25) is 47.2 Å². The zero-order valence-corrected chi connectivity index (χ0v) is 24.3. The molecule has 1 aliphatic heterocycles. The van der Waals surface area contributed by atoms with Gasteiger partial charge in [-0.1, -0.05) is 12.1 Å². The third-order valence-corrected chi connectivity index (χ3v) is 5.84. The molecule has 0 amide bonds. The molecule has 2 aromatic carbocycles. The number of benzene rings is 2. The molecule has 13 nitrogen and oxygen atoms in total. The highest BCUT2D eigenvalue weighted by atomic mass is 19.2. The summed E-state index contributed by atoms with van der Waals surface area (Å²) in [6, 6.07) is 5.21. The molecule has 0 aliphatic carbocycles. The molecule has 0 N–H and O–H groups in total. The largest absolute Gasteiger partial charge is 0.514 e. The standard InChI is InChI=1S/C28H25F5O13/c1-11(34)39-10-17-23(41-12(2)35)25(42-13(3)36)26(43-14(4)37)27(45-17)44-16-7-5-15(6-8-16)9-40-28(38)46-24-21(32)19(30)18(29)20(31)22(24)33/h5-8,17,23,25-27H,9-10H2,1-4H3/t17-,23+,25+,26-,27?/m1/s1. The van der Waals surface area contributed by atoms with Gasteiger partial charge >= 0.3 is 30.0 Å². The van der Waals surface area contributed by atoms with Crippen LogP contribution in [0.2, 0.25) is 0 Å². The fourth-order valence-corrected chi connectivity index (χ4v) is 4.01. The first-order chi connectivity index (χ1) is 21.6. The van der Waals surface area contributed by atoms with Crippen LogP contribution in [0.5, 0.6) is 11.5 Å². The van der Waals surface area contributed by atoms with Crippen molar-refractivity contribution >= 4 is 30.0 Å². The molecule has 2 aromatic rings. The Balaban J connectivity index is 1.77. The summed E-state index contributed by atoms with van der Waals surface area (Å²) >= 11 is 0. The van der Waals surface area contributed by atoms with E-state index in [2.05, 4.69) is 9.47 Å². The quantitative estimate of drug-likeness (QED) is 0.0907. The predicted molar refractivity (Wildman–Crippen MR) is 136 cm³/mol. The second kappa shape index (κ2) is 15.3. The van der Waals surface area contributed by atoms with Gasteiger partial charge in [-0.3, -0.25) is 19.2 Å². The topological polar surface area (TPSA) is 159 Å². The Labute approximate surface area is 256 Å². The highest BCUT2D eigenvalue weighted by Gasteiger charge is 2.53. The van der Waals surface area contributed by atoms with E-state index in [-0.39, 0.29) is 11.3 Å². The minimum absolute atomic E-state index is 0.0219. The molecule has 5 atom stereocenters. The van der Waals surface area contributed by atoms with Crippen molar-refractivity contribution in [3.63, 3.8) is 0 Å². The smallest absolute Gasteiger partial charge is 0.463 e. The third kappa shape index (κ3) is 9.02. The van der Waals surface area contributed by atoms with E-state index < -0.39 is 109 Å². The van der Waals surface area contributed by atoms with Crippen molar-refractivity contribution in [2.75, 3.05) is 6.61 Å². The first-order valence-corrected chi connectivity index (χ1v) is 13.0. The van der Waals surface area contributed by atoms with Crippen molar-refractivity contribution in [2.45, 2.75) is 65.0 Å². The molecule has 1 fully saturated rings. The van der Waals surface area contributed by atoms with E-state index in [0.717, 1.165) is 27.7 Å².